The average Bonchev–Trinajstić information content (AvgIpc) is 2.50. The fourth-order valence-electron chi connectivity index (χ4n) is 1.24. The molecule has 2 rings (SSSR count). The van der Waals surface area contributed by atoms with Crippen molar-refractivity contribution in [2.75, 3.05) is 5.73 Å². The highest BCUT2D eigenvalue weighted by atomic mass is 32.1. The van der Waals surface area contributed by atoms with Crippen LogP contribution >= 0.6 is 11.3 Å². The molecule has 1 aromatic heterocycles. The summed E-state index contributed by atoms with van der Waals surface area (Å²) in [4.78, 5) is 0.925. The van der Waals surface area contributed by atoms with Gasteiger partial charge in [-0.05, 0) is 23.8 Å². The van der Waals surface area contributed by atoms with Crippen molar-refractivity contribution < 1.29 is 10.2 Å². The molecular formula is C10H9NO2S. The molecule has 3 nitrogen and oxygen atoms in total. The number of thiophene rings is 1. The van der Waals surface area contributed by atoms with Crippen LogP contribution in [0.15, 0.2) is 29.6 Å². The summed E-state index contributed by atoms with van der Waals surface area (Å²) in [6.07, 6.45) is 0. The molecule has 0 bridgehead atoms. The molecule has 14 heavy (non-hydrogen) atoms. The van der Waals surface area contributed by atoms with E-state index in [1.807, 2.05) is 5.38 Å². The van der Waals surface area contributed by atoms with Crippen LogP contribution in [0, 0.1) is 0 Å². The van der Waals surface area contributed by atoms with Crippen LogP contribution in [0.2, 0.25) is 0 Å². The molecule has 0 aliphatic rings. The summed E-state index contributed by atoms with van der Waals surface area (Å²) in [6.45, 7) is 0. The highest BCUT2D eigenvalue weighted by molar-refractivity contribution is 7.14. The molecule has 0 amide bonds. The second kappa shape index (κ2) is 3.23. The maximum absolute atomic E-state index is 9.28. The molecule has 4 N–H and O–H groups in total. The molecule has 0 radical (unpaired) electrons. The van der Waals surface area contributed by atoms with E-state index < -0.39 is 0 Å². The molecule has 0 saturated carbocycles. The second-order valence-electron chi connectivity index (χ2n) is 2.98. The summed E-state index contributed by atoms with van der Waals surface area (Å²) in [5.41, 5.74) is 7.03. The standard InChI is InChI=1S/C10H9NO2S/c11-7-3-10(14-5-7)6-1-8(12)4-9(13)2-6/h1-5,12-13H,11H2. The molecule has 0 aliphatic heterocycles. The summed E-state index contributed by atoms with van der Waals surface area (Å²) in [5, 5.41) is 20.4. The Hall–Kier alpha value is -1.68. The van der Waals surface area contributed by atoms with E-state index in [9.17, 15) is 10.2 Å². The molecule has 0 saturated heterocycles. The minimum atomic E-state index is 0.0481. The summed E-state index contributed by atoms with van der Waals surface area (Å²) >= 11 is 1.47. The van der Waals surface area contributed by atoms with Crippen LogP contribution in [0.3, 0.4) is 0 Å². The number of hydrogen-bond acceptors (Lipinski definition) is 4. The molecule has 1 heterocycles. The number of phenols is 2. The number of benzene rings is 1. The van der Waals surface area contributed by atoms with Crippen molar-refractivity contribution in [3.05, 3.63) is 29.6 Å². The fourth-order valence-corrected chi connectivity index (χ4v) is 2.03. The van der Waals surface area contributed by atoms with Gasteiger partial charge in [0.2, 0.25) is 0 Å². The molecule has 0 fully saturated rings. The predicted octanol–water partition coefficient (Wildman–Crippen LogP) is 2.41. The average molecular weight is 207 g/mol. The topological polar surface area (TPSA) is 66.5 Å². The molecule has 2 aromatic rings. The maximum Gasteiger partial charge on any atom is 0.119 e. The third-order valence-electron chi connectivity index (χ3n) is 1.81. The Morgan fingerprint density at radius 3 is 2.14 bits per heavy atom. The minimum Gasteiger partial charge on any atom is -0.508 e. The Morgan fingerprint density at radius 2 is 1.64 bits per heavy atom. The van der Waals surface area contributed by atoms with E-state index in [2.05, 4.69) is 0 Å². The van der Waals surface area contributed by atoms with E-state index in [0.717, 1.165) is 10.4 Å². The Morgan fingerprint density at radius 1 is 1.00 bits per heavy atom. The van der Waals surface area contributed by atoms with Crippen LogP contribution in [-0.4, -0.2) is 10.2 Å². The van der Waals surface area contributed by atoms with Gasteiger partial charge in [-0.2, -0.15) is 0 Å². The lowest BCUT2D eigenvalue weighted by Crippen LogP contribution is -1.77. The number of nitrogens with two attached hydrogens (primary N) is 1. The number of hydrogen-bond donors (Lipinski definition) is 3. The summed E-state index contributed by atoms with van der Waals surface area (Å²) in [7, 11) is 0. The molecular weight excluding hydrogens is 198 g/mol. The van der Waals surface area contributed by atoms with Crippen molar-refractivity contribution in [3.63, 3.8) is 0 Å². The van der Waals surface area contributed by atoms with Gasteiger partial charge in [-0.15, -0.1) is 11.3 Å². The zero-order valence-electron chi connectivity index (χ0n) is 7.27. The van der Waals surface area contributed by atoms with Gasteiger partial charge in [-0.1, -0.05) is 0 Å². The summed E-state index contributed by atoms with van der Waals surface area (Å²) < 4.78 is 0. The highest BCUT2D eigenvalue weighted by Crippen LogP contribution is 2.33. The van der Waals surface area contributed by atoms with Crippen LogP contribution in [0.1, 0.15) is 0 Å². The Labute approximate surface area is 85.1 Å². The quantitative estimate of drug-likeness (QED) is 0.672. The largest absolute Gasteiger partial charge is 0.508 e. The first kappa shape index (κ1) is 8.90. The van der Waals surface area contributed by atoms with E-state index in [0.29, 0.717) is 5.69 Å². The first-order chi connectivity index (χ1) is 6.65. The summed E-state index contributed by atoms with van der Waals surface area (Å²) in [6, 6.07) is 6.27. The lowest BCUT2D eigenvalue weighted by molar-refractivity contribution is 0.451. The van der Waals surface area contributed by atoms with Crippen molar-refractivity contribution in [1.82, 2.24) is 0 Å². The normalized spacial score (nSPS) is 10.3. The van der Waals surface area contributed by atoms with Gasteiger partial charge >= 0.3 is 0 Å². The van der Waals surface area contributed by atoms with Gasteiger partial charge in [0.1, 0.15) is 11.5 Å². The van der Waals surface area contributed by atoms with Crippen LogP contribution < -0.4 is 5.73 Å². The van der Waals surface area contributed by atoms with Gasteiger partial charge in [0.15, 0.2) is 0 Å². The molecule has 0 spiro atoms. The first-order valence-corrected chi connectivity index (χ1v) is 4.90. The van der Waals surface area contributed by atoms with Crippen LogP contribution in [-0.2, 0) is 0 Å². The third-order valence-corrected chi connectivity index (χ3v) is 2.80. The zero-order chi connectivity index (χ0) is 10.1. The van der Waals surface area contributed by atoms with Gasteiger partial charge in [-0.3, -0.25) is 0 Å². The van der Waals surface area contributed by atoms with Gasteiger partial charge in [-0.25, -0.2) is 0 Å². The number of anilines is 1. The number of rotatable bonds is 1. The van der Waals surface area contributed by atoms with Crippen molar-refractivity contribution >= 4 is 17.0 Å². The van der Waals surface area contributed by atoms with Crippen molar-refractivity contribution in [1.29, 1.82) is 0 Å². The van der Waals surface area contributed by atoms with E-state index in [1.165, 1.54) is 17.4 Å². The van der Waals surface area contributed by atoms with Crippen LogP contribution in [0.25, 0.3) is 10.4 Å². The molecule has 0 unspecified atom stereocenters. The fraction of sp³-hybridized carbons (Fsp3) is 0. The van der Waals surface area contributed by atoms with Gasteiger partial charge < -0.3 is 15.9 Å². The van der Waals surface area contributed by atoms with Gasteiger partial charge in [0.05, 0.1) is 0 Å². The number of phenolic OH excluding ortho intramolecular Hbond substituents is 2. The molecule has 4 heteroatoms. The Balaban J connectivity index is 2.51. The van der Waals surface area contributed by atoms with Gasteiger partial charge in [0, 0.05) is 22.0 Å². The number of aromatic hydroxyl groups is 2. The highest BCUT2D eigenvalue weighted by Gasteiger charge is 2.04. The van der Waals surface area contributed by atoms with E-state index in [4.69, 9.17) is 5.73 Å². The second-order valence-corrected chi connectivity index (χ2v) is 3.89. The first-order valence-electron chi connectivity index (χ1n) is 4.02. The smallest absolute Gasteiger partial charge is 0.119 e. The Bertz CT molecular complexity index is 445. The molecule has 0 atom stereocenters. The maximum atomic E-state index is 9.28. The number of nitrogen functional groups attached to an aromatic ring is 1. The van der Waals surface area contributed by atoms with E-state index >= 15 is 0 Å². The lowest BCUT2D eigenvalue weighted by Gasteiger charge is -2.00. The van der Waals surface area contributed by atoms with Crippen molar-refractivity contribution in [2.45, 2.75) is 0 Å². The predicted molar refractivity (Wildman–Crippen MR) is 57.5 cm³/mol. The summed E-state index contributed by atoms with van der Waals surface area (Å²) in [5.74, 6) is 0.0962. The SMILES string of the molecule is Nc1csc(-c2cc(O)cc(O)c2)c1. The molecule has 1 aromatic carbocycles. The van der Waals surface area contributed by atoms with Crippen molar-refractivity contribution in [2.24, 2.45) is 0 Å². The molecule has 72 valence electrons. The van der Waals surface area contributed by atoms with E-state index in [-0.39, 0.29) is 11.5 Å². The monoisotopic (exact) mass is 207 g/mol. The van der Waals surface area contributed by atoms with Gasteiger partial charge in [0.25, 0.3) is 0 Å². The third kappa shape index (κ3) is 1.65. The zero-order valence-corrected chi connectivity index (χ0v) is 8.08. The lowest BCUT2D eigenvalue weighted by atomic mass is 10.1. The van der Waals surface area contributed by atoms with Crippen LogP contribution in [0.5, 0.6) is 11.5 Å². The Kier molecular flexibility index (Phi) is 2.05. The van der Waals surface area contributed by atoms with Crippen molar-refractivity contribution in [3.8, 4) is 21.9 Å². The minimum absolute atomic E-state index is 0.0481. The van der Waals surface area contributed by atoms with Crippen LogP contribution in [0.4, 0.5) is 5.69 Å². The molecule has 0 aliphatic carbocycles. The van der Waals surface area contributed by atoms with E-state index in [1.54, 1.807) is 18.2 Å².